The van der Waals surface area contributed by atoms with E-state index >= 15 is 0 Å². The number of benzene rings is 1. The Morgan fingerprint density at radius 3 is 2.58 bits per heavy atom. The van der Waals surface area contributed by atoms with Crippen molar-refractivity contribution < 1.29 is 14.3 Å². The molecule has 1 atom stereocenters. The summed E-state index contributed by atoms with van der Waals surface area (Å²) in [4.78, 5) is 31.8. The maximum Gasteiger partial charge on any atom is 0.409 e. The summed E-state index contributed by atoms with van der Waals surface area (Å²) in [6.07, 6.45) is 3.26. The first-order chi connectivity index (χ1) is 15.4. The van der Waals surface area contributed by atoms with Crippen molar-refractivity contribution >= 4 is 41.9 Å². The molecule has 2 saturated heterocycles. The van der Waals surface area contributed by atoms with Gasteiger partial charge in [-0.1, -0.05) is 24.3 Å². The molecule has 3 rings (SSSR count). The second kappa shape index (κ2) is 13.6. The lowest BCUT2D eigenvalue weighted by Gasteiger charge is -2.31. The van der Waals surface area contributed by atoms with Gasteiger partial charge in [0.25, 0.3) is 0 Å². The van der Waals surface area contributed by atoms with Crippen molar-refractivity contribution in [2.45, 2.75) is 51.7 Å². The summed E-state index contributed by atoms with van der Waals surface area (Å²) in [5, 5.41) is 3.27. The van der Waals surface area contributed by atoms with Crippen molar-refractivity contribution in [3.8, 4) is 0 Å². The number of halogens is 1. The van der Waals surface area contributed by atoms with Gasteiger partial charge in [-0.15, -0.1) is 24.0 Å². The molecular weight excluding hydrogens is 535 g/mol. The summed E-state index contributed by atoms with van der Waals surface area (Å²) >= 11 is 0. The highest BCUT2D eigenvalue weighted by Crippen LogP contribution is 2.19. The van der Waals surface area contributed by atoms with Crippen molar-refractivity contribution in [3.05, 3.63) is 35.4 Å². The van der Waals surface area contributed by atoms with Crippen molar-refractivity contribution in [1.82, 2.24) is 15.1 Å². The highest BCUT2D eigenvalue weighted by Gasteiger charge is 2.24. The minimum Gasteiger partial charge on any atom is -0.450 e. The SMILES string of the molecule is CCOC(=O)N1CCC(NC(N)=NCc2cccc(CN3CCCC(C(N)=O)C3)c2)CC1.I. The average molecular weight is 572 g/mol. The molecule has 5 N–H and O–H groups in total. The highest BCUT2D eigenvalue weighted by molar-refractivity contribution is 14.0. The quantitative estimate of drug-likeness (QED) is 0.261. The van der Waals surface area contributed by atoms with Crippen LogP contribution in [0.5, 0.6) is 0 Å². The zero-order valence-electron chi connectivity index (χ0n) is 19.4. The summed E-state index contributed by atoms with van der Waals surface area (Å²) < 4.78 is 5.05. The van der Waals surface area contributed by atoms with Crippen molar-refractivity contribution in [2.75, 3.05) is 32.8 Å². The van der Waals surface area contributed by atoms with Gasteiger partial charge in [0.1, 0.15) is 0 Å². The Labute approximate surface area is 213 Å². The number of amides is 2. The number of nitrogens with one attached hydrogen (secondary N) is 1. The van der Waals surface area contributed by atoms with Gasteiger partial charge in [-0.05, 0) is 50.3 Å². The Morgan fingerprint density at radius 1 is 1.15 bits per heavy atom. The zero-order chi connectivity index (χ0) is 22.9. The van der Waals surface area contributed by atoms with Crippen LogP contribution in [0.25, 0.3) is 0 Å². The fourth-order valence-corrected chi connectivity index (χ4v) is 4.37. The van der Waals surface area contributed by atoms with Crippen LogP contribution in [0.4, 0.5) is 4.79 Å². The van der Waals surface area contributed by atoms with E-state index in [4.69, 9.17) is 16.2 Å². The molecule has 33 heavy (non-hydrogen) atoms. The van der Waals surface area contributed by atoms with E-state index < -0.39 is 0 Å². The number of guanidine groups is 1. The van der Waals surface area contributed by atoms with Crippen LogP contribution in [0.1, 0.15) is 43.7 Å². The van der Waals surface area contributed by atoms with Gasteiger partial charge >= 0.3 is 6.09 Å². The second-order valence-corrected chi connectivity index (χ2v) is 8.60. The van der Waals surface area contributed by atoms with Crippen molar-refractivity contribution in [3.63, 3.8) is 0 Å². The van der Waals surface area contributed by atoms with Gasteiger partial charge in [-0.2, -0.15) is 0 Å². The predicted octanol–water partition coefficient (Wildman–Crippen LogP) is 2.03. The minimum absolute atomic E-state index is 0. The average Bonchev–Trinajstić information content (AvgIpc) is 2.79. The Bertz CT molecular complexity index is 813. The summed E-state index contributed by atoms with van der Waals surface area (Å²) in [6, 6.07) is 8.51. The molecule has 0 spiro atoms. The molecule has 1 aromatic carbocycles. The van der Waals surface area contributed by atoms with E-state index in [1.807, 2.05) is 19.1 Å². The topological polar surface area (TPSA) is 126 Å². The van der Waals surface area contributed by atoms with E-state index in [0.29, 0.717) is 32.2 Å². The van der Waals surface area contributed by atoms with Gasteiger partial charge in [-0.25, -0.2) is 9.79 Å². The van der Waals surface area contributed by atoms with Crippen LogP contribution in [0.3, 0.4) is 0 Å². The first-order valence-corrected chi connectivity index (χ1v) is 11.5. The molecule has 2 aliphatic heterocycles. The van der Waals surface area contributed by atoms with E-state index in [1.54, 1.807) is 4.90 Å². The number of nitrogens with two attached hydrogens (primary N) is 2. The van der Waals surface area contributed by atoms with Crippen LogP contribution in [-0.2, 0) is 22.6 Å². The maximum atomic E-state index is 11.8. The number of primary amides is 1. The van der Waals surface area contributed by atoms with Gasteiger partial charge in [-0.3, -0.25) is 9.69 Å². The third kappa shape index (κ3) is 8.65. The molecule has 2 heterocycles. The number of piperidine rings is 2. The lowest BCUT2D eigenvalue weighted by molar-refractivity contribution is -0.123. The van der Waals surface area contributed by atoms with Gasteiger partial charge < -0.3 is 26.4 Å². The third-order valence-corrected chi connectivity index (χ3v) is 6.11. The molecule has 0 radical (unpaired) electrons. The highest BCUT2D eigenvalue weighted by atomic mass is 127. The predicted molar refractivity (Wildman–Crippen MR) is 139 cm³/mol. The van der Waals surface area contributed by atoms with Gasteiger partial charge in [0, 0.05) is 32.2 Å². The zero-order valence-corrected chi connectivity index (χ0v) is 21.7. The van der Waals surface area contributed by atoms with Crippen LogP contribution >= 0.6 is 24.0 Å². The molecule has 2 amide bonds. The fraction of sp³-hybridized carbons (Fsp3) is 0.609. The molecule has 1 unspecified atom stereocenters. The standard InChI is InChI=1S/C23H36N6O3.HI/c1-2-32-23(31)29-11-8-20(9-12-29)27-22(25)26-14-17-5-3-6-18(13-17)15-28-10-4-7-19(16-28)21(24)30;/h3,5-6,13,19-20H,2,4,7-12,14-16H2,1H3,(H2,24,30)(H3,25,26,27);1H. The van der Waals surface area contributed by atoms with E-state index in [2.05, 4.69) is 27.3 Å². The fourth-order valence-electron chi connectivity index (χ4n) is 4.37. The van der Waals surface area contributed by atoms with Crippen molar-refractivity contribution in [1.29, 1.82) is 0 Å². The first-order valence-electron chi connectivity index (χ1n) is 11.5. The van der Waals surface area contributed by atoms with E-state index in [-0.39, 0.29) is 47.9 Å². The summed E-state index contributed by atoms with van der Waals surface area (Å²) in [5.74, 6) is 0.171. The van der Waals surface area contributed by atoms with Crippen LogP contribution in [0.15, 0.2) is 29.3 Å². The molecular formula is C23H37IN6O3. The Morgan fingerprint density at radius 2 is 1.88 bits per heavy atom. The van der Waals surface area contributed by atoms with Gasteiger partial charge in [0.2, 0.25) is 5.91 Å². The molecule has 0 aliphatic carbocycles. The molecule has 0 bridgehead atoms. The minimum atomic E-state index is -0.248. The lowest BCUT2D eigenvalue weighted by atomic mass is 9.97. The maximum absolute atomic E-state index is 11.8. The smallest absolute Gasteiger partial charge is 0.409 e. The van der Waals surface area contributed by atoms with Gasteiger partial charge in [0.05, 0.1) is 19.1 Å². The third-order valence-electron chi connectivity index (χ3n) is 6.11. The molecule has 1 aromatic rings. The van der Waals surface area contributed by atoms with E-state index in [0.717, 1.165) is 50.9 Å². The molecule has 2 aliphatic rings. The molecule has 2 fully saturated rings. The molecule has 0 aromatic heterocycles. The van der Waals surface area contributed by atoms with E-state index in [1.165, 1.54) is 5.56 Å². The Balaban J connectivity index is 0.00000385. The van der Waals surface area contributed by atoms with Crippen LogP contribution in [-0.4, -0.2) is 66.6 Å². The normalized spacial score (nSPS) is 20.1. The molecule has 0 saturated carbocycles. The van der Waals surface area contributed by atoms with Crippen LogP contribution in [0.2, 0.25) is 0 Å². The molecule has 184 valence electrons. The Kier molecular flexibility index (Phi) is 11.2. The number of carbonyl (C=O) groups excluding carboxylic acids is 2. The largest absolute Gasteiger partial charge is 0.450 e. The molecule has 9 nitrogen and oxygen atoms in total. The second-order valence-electron chi connectivity index (χ2n) is 8.60. The molecule has 10 heteroatoms. The van der Waals surface area contributed by atoms with E-state index in [9.17, 15) is 9.59 Å². The van der Waals surface area contributed by atoms with Crippen LogP contribution in [0, 0.1) is 5.92 Å². The number of hydrogen-bond donors (Lipinski definition) is 3. The number of carbonyl (C=O) groups is 2. The number of rotatable bonds is 7. The summed E-state index contributed by atoms with van der Waals surface area (Å²) in [5.41, 5.74) is 13.9. The number of aliphatic imine (C=N–C) groups is 1. The lowest BCUT2D eigenvalue weighted by Crippen LogP contribution is -2.48. The number of hydrogen-bond acceptors (Lipinski definition) is 5. The van der Waals surface area contributed by atoms with Crippen molar-refractivity contribution in [2.24, 2.45) is 22.4 Å². The summed E-state index contributed by atoms with van der Waals surface area (Å²) in [6.45, 7) is 6.52. The van der Waals surface area contributed by atoms with Crippen LogP contribution < -0.4 is 16.8 Å². The first kappa shape index (κ1) is 27.2. The summed E-state index contributed by atoms with van der Waals surface area (Å²) in [7, 11) is 0. The monoisotopic (exact) mass is 572 g/mol. The number of ether oxygens (including phenoxy) is 1. The number of likely N-dealkylation sites (tertiary alicyclic amines) is 2. The Hall–Kier alpha value is -2.08. The van der Waals surface area contributed by atoms with Gasteiger partial charge in [0.15, 0.2) is 5.96 Å². The number of nitrogens with zero attached hydrogens (tertiary/aromatic N) is 3.